The Bertz CT molecular complexity index is 212. The second kappa shape index (κ2) is 4.40. The Morgan fingerprint density at radius 2 is 2.07 bits per heavy atom. The van der Waals surface area contributed by atoms with Gasteiger partial charge >= 0.3 is 0 Å². The monoisotopic (exact) mass is 212 g/mol. The van der Waals surface area contributed by atoms with E-state index in [0.29, 0.717) is 6.04 Å². The molecule has 2 rings (SSSR count). The lowest BCUT2D eigenvalue weighted by atomic mass is 9.90. The molecule has 0 aromatic heterocycles. The van der Waals surface area contributed by atoms with Crippen molar-refractivity contribution in [3.63, 3.8) is 0 Å². The molecule has 88 valence electrons. The SMILES string of the molecule is CNC1(CO)CCC(N(C)C2CCC2)C1. The zero-order valence-electron chi connectivity index (χ0n) is 10.00. The van der Waals surface area contributed by atoms with Crippen LogP contribution in [0.4, 0.5) is 0 Å². The average molecular weight is 212 g/mol. The van der Waals surface area contributed by atoms with Crippen LogP contribution in [0.1, 0.15) is 38.5 Å². The van der Waals surface area contributed by atoms with Crippen molar-refractivity contribution in [2.75, 3.05) is 20.7 Å². The molecule has 0 heterocycles. The fraction of sp³-hybridized carbons (Fsp3) is 1.00. The van der Waals surface area contributed by atoms with Gasteiger partial charge in [-0.2, -0.15) is 0 Å². The van der Waals surface area contributed by atoms with Gasteiger partial charge in [0.25, 0.3) is 0 Å². The van der Waals surface area contributed by atoms with Crippen LogP contribution < -0.4 is 5.32 Å². The molecule has 0 saturated heterocycles. The summed E-state index contributed by atoms with van der Waals surface area (Å²) in [6.45, 7) is 0.276. The first-order valence-electron chi connectivity index (χ1n) is 6.22. The summed E-state index contributed by atoms with van der Waals surface area (Å²) in [6.07, 6.45) is 7.60. The van der Waals surface area contributed by atoms with E-state index < -0.39 is 0 Å². The highest BCUT2D eigenvalue weighted by molar-refractivity contribution is 4.99. The highest BCUT2D eigenvalue weighted by Crippen LogP contribution is 2.35. The topological polar surface area (TPSA) is 35.5 Å². The Morgan fingerprint density at radius 1 is 1.33 bits per heavy atom. The maximum atomic E-state index is 9.44. The Kier molecular flexibility index (Phi) is 3.33. The molecule has 0 amide bonds. The number of likely N-dealkylation sites (N-methyl/N-ethyl adjacent to an activating group) is 1. The van der Waals surface area contributed by atoms with Crippen molar-refractivity contribution in [2.24, 2.45) is 0 Å². The predicted molar refractivity (Wildman–Crippen MR) is 61.9 cm³/mol. The minimum Gasteiger partial charge on any atom is -0.394 e. The molecule has 0 bridgehead atoms. The van der Waals surface area contributed by atoms with Crippen LogP contribution in [0.5, 0.6) is 0 Å². The van der Waals surface area contributed by atoms with Crippen LogP contribution in [0.2, 0.25) is 0 Å². The van der Waals surface area contributed by atoms with Crippen molar-refractivity contribution in [1.29, 1.82) is 0 Å². The standard InChI is InChI=1S/C12H24N2O/c1-13-12(9-15)7-6-11(8-12)14(2)10-4-3-5-10/h10-11,13,15H,3-9H2,1-2H3. The lowest BCUT2D eigenvalue weighted by Crippen LogP contribution is -2.48. The Morgan fingerprint density at radius 3 is 2.47 bits per heavy atom. The largest absolute Gasteiger partial charge is 0.394 e. The fourth-order valence-electron chi connectivity index (χ4n) is 2.99. The summed E-state index contributed by atoms with van der Waals surface area (Å²) in [5, 5.41) is 12.8. The van der Waals surface area contributed by atoms with E-state index in [0.717, 1.165) is 18.9 Å². The van der Waals surface area contributed by atoms with Crippen molar-refractivity contribution >= 4 is 0 Å². The van der Waals surface area contributed by atoms with Crippen LogP contribution >= 0.6 is 0 Å². The Labute approximate surface area is 92.8 Å². The summed E-state index contributed by atoms with van der Waals surface area (Å²) < 4.78 is 0. The first-order valence-corrected chi connectivity index (χ1v) is 6.22. The first kappa shape index (κ1) is 11.4. The summed E-state index contributed by atoms with van der Waals surface area (Å²) in [7, 11) is 4.24. The smallest absolute Gasteiger partial charge is 0.0613 e. The van der Waals surface area contributed by atoms with Crippen LogP contribution in [-0.2, 0) is 0 Å². The molecule has 15 heavy (non-hydrogen) atoms. The Hall–Kier alpha value is -0.120. The van der Waals surface area contributed by atoms with E-state index in [1.807, 2.05) is 7.05 Å². The van der Waals surface area contributed by atoms with Gasteiger partial charge in [0, 0.05) is 17.6 Å². The van der Waals surface area contributed by atoms with E-state index in [4.69, 9.17) is 0 Å². The van der Waals surface area contributed by atoms with E-state index in [-0.39, 0.29) is 12.1 Å². The highest BCUT2D eigenvalue weighted by Gasteiger charge is 2.40. The third kappa shape index (κ3) is 2.05. The van der Waals surface area contributed by atoms with Crippen molar-refractivity contribution in [2.45, 2.75) is 56.1 Å². The molecule has 3 nitrogen and oxygen atoms in total. The maximum Gasteiger partial charge on any atom is 0.0613 e. The van der Waals surface area contributed by atoms with Gasteiger partial charge in [-0.05, 0) is 46.2 Å². The van der Waals surface area contributed by atoms with Crippen LogP contribution in [0, 0.1) is 0 Å². The second-order valence-electron chi connectivity index (χ2n) is 5.34. The Balaban J connectivity index is 1.90. The van der Waals surface area contributed by atoms with Gasteiger partial charge in [0.1, 0.15) is 0 Å². The first-order chi connectivity index (χ1) is 7.21. The average Bonchev–Trinajstić information content (AvgIpc) is 2.60. The van der Waals surface area contributed by atoms with Crippen LogP contribution in [0.25, 0.3) is 0 Å². The number of rotatable bonds is 4. The number of aliphatic hydroxyl groups excluding tert-OH is 1. The van der Waals surface area contributed by atoms with Gasteiger partial charge in [-0.3, -0.25) is 0 Å². The van der Waals surface area contributed by atoms with Gasteiger partial charge in [0.2, 0.25) is 0 Å². The van der Waals surface area contributed by atoms with Crippen molar-refractivity contribution in [3.8, 4) is 0 Å². The molecule has 2 N–H and O–H groups in total. The number of aliphatic hydroxyl groups is 1. The minimum atomic E-state index is 0.00265. The molecule has 0 spiro atoms. The van der Waals surface area contributed by atoms with Crippen LogP contribution in [0.15, 0.2) is 0 Å². The van der Waals surface area contributed by atoms with Gasteiger partial charge in [-0.25, -0.2) is 0 Å². The summed E-state index contributed by atoms with van der Waals surface area (Å²) in [5.74, 6) is 0. The van der Waals surface area contributed by atoms with Crippen molar-refractivity contribution in [3.05, 3.63) is 0 Å². The van der Waals surface area contributed by atoms with E-state index >= 15 is 0 Å². The zero-order chi connectivity index (χ0) is 10.9. The number of hydrogen-bond acceptors (Lipinski definition) is 3. The predicted octanol–water partition coefficient (Wildman–Crippen LogP) is 0.974. The number of nitrogens with one attached hydrogen (secondary N) is 1. The zero-order valence-corrected chi connectivity index (χ0v) is 10.00. The normalized spacial score (nSPS) is 37.2. The molecule has 3 heteroatoms. The fourth-order valence-corrected chi connectivity index (χ4v) is 2.99. The lowest BCUT2D eigenvalue weighted by Gasteiger charge is -2.39. The van der Waals surface area contributed by atoms with E-state index in [1.165, 1.54) is 25.7 Å². The highest BCUT2D eigenvalue weighted by atomic mass is 16.3. The molecule has 2 aliphatic carbocycles. The van der Waals surface area contributed by atoms with Gasteiger partial charge in [0.05, 0.1) is 6.61 Å². The maximum absolute atomic E-state index is 9.44. The van der Waals surface area contributed by atoms with E-state index in [9.17, 15) is 5.11 Å². The van der Waals surface area contributed by atoms with Crippen molar-refractivity contribution < 1.29 is 5.11 Å². The molecule has 2 saturated carbocycles. The molecule has 0 aliphatic heterocycles. The molecule has 0 aromatic rings. The molecule has 2 unspecified atom stereocenters. The van der Waals surface area contributed by atoms with Crippen LogP contribution in [0.3, 0.4) is 0 Å². The number of hydrogen-bond donors (Lipinski definition) is 2. The van der Waals surface area contributed by atoms with Crippen molar-refractivity contribution in [1.82, 2.24) is 10.2 Å². The number of nitrogens with zero attached hydrogens (tertiary/aromatic N) is 1. The molecule has 2 atom stereocenters. The quantitative estimate of drug-likeness (QED) is 0.729. The summed E-state index contributed by atoms with van der Waals surface area (Å²) in [6, 6.07) is 1.50. The third-order valence-corrected chi connectivity index (χ3v) is 4.64. The van der Waals surface area contributed by atoms with Gasteiger partial charge < -0.3 is 15.3 Å². The van der Waals surface area contributed by atoms with Gasteiger partial charge in [-0.15, -0.1) is 0 Å². The van der Waals surface area contributed by atoms with Gasteiger partial charge in [-0.1, -0.05) is 6.42 Å². The van der Waals surface area contributed by atoms with E-state index in [2.05, 4.69) is 17.3 Å². The lowest BCUT2D eigenvalue weighted by molar-refractivity contribution is 0.0995. The summed E-state index contributed by atoms with van der Waals surface area (Å²) in [4.78, 5) is 2.55. The molecular formula is C12H24N2O. The minimum absolute atomic E-state index is 0.00265. The molecule has 2 fully saturated rings. The molecule has 0 radical (unpaired) electrons. The summed E-state index contributed by atoms with van der Waals surface area (Å²) >= 11 is 0. The molecule has 0 aromatic carbocycles. The second-order valence-corrected chi connectivity index (χ2v) is 5.34. The molecule has 2 aliphatic rings. The molecular weight excluding hydrogens is 188 g/mol. The summed E-state index contributed by atoms with van der Waals surface area (Å²) in [5.41, 5.74) is 0.00265. The van der Waals surface area contributed by atoms with Gasteiger partial charge in [0.15, 0.2) is 0 Å². The van der Waals surface area contributed by atoms with Crippen LogP contribution in [-0.4, -0.2) is 48.3 Å². The van der Waals surface area contributed by atoms with E-state index in [1.54, 1.807) is 0 Å². The third-order valence-electron chi connectivity index (χ3n) is 4.64.